The van der Waals surface area contributed by atoms with E-state index < -0.39 is 5.97 Å². The van der Waals surface area contributed by atoms with Crippen molar-refractivity contribution in [3.8, 4) is 0 Å². The molecule has 18 heavy (non-hydrogen) atoms. The Balaban J connectivity index is 1.65. The monoisotopic (exact) mass is 254 g/mol. The quantitative estimate of drug-likeness (QED) is 0.774. The Labute approximate surface area is 108 Å². The van der Waals surface area contributed by atoms with Crippen LogP contribution in [-0.4, -0.2) is 47.6 Å². The molecule has 102 valence electrons. The molecule has 1 heterocycles. The summed E-state index contributed by atoms with van der Waals surface area (Å²) < 4.78 is 0. The molecule has 0 aromatic rings. The molecule has 1 aliphatic heterocycles. The van der Waals surface area contributed by atoms with Crippen LogP contribution in [-0.2, 0) is 9.59 Å². The van der Waals surface area contributed by atoms with Gasteiger partial charge < -0.3 is 10.4 Å². The molecule has 2 fully saturated rings. The van der Waals surface area contributed by atoms with E-state index in [1.807, 2.05) is 0 Å². The summed E-state index contributed by atoms with van der Waals surface area (Å²) in [5, 5.41) is 11.7. The molecule has 1 atom stereocenters. The fraction of sp³-hybridized carbons (Fsp3) is 0.846. The third-order valence-corrected chi connectivity index (χ3v) is 3.96. The number of nitrogens with zero attached hydrogens (tertiary/aromatic N) is 1. The lowest BCUT2D eigenvalue weighted by Crippen LogP contribution is -2.50. The Morgan fingerprint density at radius 1 is 1.39 bits per heavy atom. The summed E-state index contributed by atoms with van der Waals surface area (Å²) in [5.74, 6) is -0.291. The topological polar surface area (TPSA) is 69.6 Å². The molecule has 2 N–H and O–H groups in total. The van der Waals surface area contributed by atoms with Gasteiger partial charge in [0.15, 0.2) is 0 Å². The second kappa shape index (κ2) is 5.69. The molecule has 0 radical (unpaired) electrons. The zero-order valence-corrected chi connectivity index (χ0v) is 10.9. The first-order valence-electron chi connectivity index (χ1n) is 6.79. The number of carboxylic acid groups (broad SMARTS) is 1. The van der Waals surface area contributed by atoms with Crippen molar-refractivity contribution in [1.29, 1.82) is 0 Å². The predicted molar refractivity (Wildman–Crippen MR) is 67.1 cm³/mol. The number of rotatable bonds is 4. The molecule has 2 aliphatic rings. The molecule has 0 aromatic heterocycles. The number of nitrogens with one attached hydrogen (secondary N) is 1. The van der Waals surface area contributed by atoms with Gasteiger partial charge in [-0.25, -0.2) is 0 Å². The number of hydrogen-bond donors (Lipinski definition) is 2. The molecule has 0 bridgehead atoms. The van der Waals surface area contributed by atoms with Crippen LogP contribution in [0.25, 0.3) is 0 Å². The molecular weight excluding hydrogens is 232 g/mol. The van der Waals surface area contributed by atoms with Crippen LogP contribution in [0, 0.1) is 11.8 Å². The van der Waals surface area contributed by atoms with E-state index in [4.69, 9.17) is 5.11 Å². The number of carboxylic acids is 1. The maximum absolute atomic E-state index is 11.8. The van der Waals surface area contributed by atoms with Gasteiger partial charge in [-0.15, -0.1) is 0 Å². The van der Waals surface area contributed by atoms with E-state index in [0.717, 1.165) is 13.1 Å². The molecule has 1 saturated carbocycles. The Kier molecular flexibility index (Phi) is 4.22. The minimum atomic E-state index is -0.745. The van der Waals surface area contributed by atoms with E-state index in [1.165, 1.54) is 12.8 Å². The van der Waals surface area contributed by atoms with Crippen molar-refractivity contribution in [3.63, 3.8) is 0 Å². The molecule has 5 nitrogen and oxygen atoms in total. The lowest BCUT2D eigenvalue weighted by Gasteiger charge is -2.34. The Bertz CT molecular complexity index is 326. The molecule has 1 unspecified atom stereocenters. The Morgan fingerprint density at radius 3 is 2.72 bits per heavy atom. The van der Waals surface area contributed by atoms with Crippen LogP contribution in [0.15, 0.2) is 0 Å². The fourth-order valence-corrected chi connectivity index (χ4v) is 2.84. The van der Waals surface area contributed by atoms with Crippen molar-refractivity contribution in [2.45, 2.75) is 38.6 Å². The first-order chi connectivity index (χ1) is 8.54. The number of piperidine rings is 1. The van der Waals surface area contributed by atoms with Gasteiger partial charge >= 0.3 is 5.97 Å². The Morgan fingerprint density at radius 2 is 2.11 bits per heavy atom. The normalized spacial score (nSPS) is 32.6. The van der Waals surface area contributed by atoms with Crippen molar-refractivity contribution in [1.82, 2.24) is 10.2 Å². The third-order valence-electron chi connectivity index (χ3n) is 3.96. The summed E-state index contributed by atoms with van der Waals surface area (Å²) in [6, 6.07) is 0.0702. The van der Waals surface area contributed by atoms with Crippen LogP contribution in [0.5, 0.6) is 0 Å². The van der Waals surface area contributed by atoms with Gasteiger partial charge in [-0.2, -0.15) is 0 Å². The smallest absolute Gasteiger partial charge is 0.306 e. The van der Waals surface area contributed by atoms with Gasteiger partial charge in [0, 0.05) is 12.6 Å². The highest BCUT2D eigenvalue weighted by Gasteiger charge is 2.35. The minimum absolute atomic E-state index is 0.0398. The molecule has 0 aromatic carbocycles. The summed E-state index contributed by atoms with van der Waals surface area (Å²) in [6.45, 7) is 4.67. The highest BCUT2D eigenvalue weighted by molar-refractivity contribution is 5.79. The summed E-state index contributed by atoms with van der Waals surface area (Å²) >= 11 is 0. The summed E-state index contributed by atoms with van der Waals surface area (Å²) in [4.78, 5) is 24.6. The van der Waals surface area contributed by atoms with Crippen molar-refractivity contribution < 1.29 is 14.7 Å². The van der Waals surface area contributed by atoms with Crippen LogP contribution in [0.1, 0.15) is 32.6 Å². The van der Waals surface area contributed by atoms with Gasteiger partial charge in [0.25, 0.3) is 0 Å². The zero-order chi connectivity index (χ0) is 13.1. The van der Waals surface area contributed by atoms with Gasteiger partial charge in [0.1, 0.15) is 0 Å². The molecule has 5 heteroatoms. The number of amides is 1. The minimum Gasteiger partial charge on any atom is -0.481 e. The van der Waals surface area contributed by atoms with Crippen LogP contribution in [0.3, 0.4) is 0 Å². The summed E-state index contributed by atoms with van der Waals surface area (Å²) in [7, 11) is 0. The lowest BCUT2D eigenvalue weighted by molar-refractivity contribution is -0.146. The van der Waals surface area contributed by atoms with Crippen molar-refractivity contribution in [3.05, 3.63) is 0 Å². The van der Waals surface area contributed by atoms with Gasteiger partial charge in [-0.1, -0.05) is 6.92 Å². The fourth-order valence-electron chi connectivity index (χ4n) is 2.84. The largest absolute Gasteiger partial charge is 0.481 e. The van der Waals surface area contributed by atoms with E-state index >= 15 is 0 Å². The van der Waals surface area contributed by atoms with Gasteiger partial charge in [0.2, 0.25) is 5.91 Å². The highest BCUT2D eigenvalue weighted by atomic mass is 16.4. The van der Waals surface area contributed by atoms with Crippen molar-refractivity contribution in [2.24, 2.45) is 11.8 Å². The molecule has 0 spiro atoms. The summed E-state index contributed by atoms with van der Waals surface area (Å²) in [5.41, 5.74) is 0. The van der Waals surface area contributed by atoms with E-state index in [9.17, 15) is 9.59 Å². The molecular formula is C13H22N2O3. The number of carbonyl (C=O) groups is 2. The number of carbonyl (C=O) groups excluding carboxylic acids is 1. The number of aliphatic carboxylic acids is 1. The van der Waals surface area contributed by atoms with E-state index in [0.29, 0.717) is 25.3 Å². The average molecular weight is 254 g/mol. The predicted octanol–water partition coefficient (Wildman–Crippen LogP) is 0.698. The SMILES string of the molecule is CC1CCCN(CC(=O)NC2CC(C(=O)O)C2)C1. The molecule has 1 amide bonds. The van der Waals surface area contributed by atoms with Crippen molar-refractivity contribution >= 4 is 11.9 Å². The first kappa shape index (κ1) is 13.3. The average Bonchev–Trinajstić information content (AvgIpc) is 2.22. The van der Waals surface area contributed by atoms with Gasteiger partial charge in [0.05, 0.1) is 12.5 Å². The first-order valence-corrected chi connectivity index (χ1v) is 6.79. The zero-order valence-electron chi connectivity index (χ0n) is 10.9. The molecule has 1 saturated heterocycles. The van der Waals surface area contributed by atoms with Crippen LogP contribution in [0.2, 0.25) is 0 Å². The van der Waals surface area contributed by atoms with E-state index in [1.54, 1.807) is 0 Å². The van der Waals surface area contributed by atoms with E-state index in [2.05, 4.69) is 17.1 Å². The number of hydrogen-bond acceptors (Lipinski definition) is 3. The maximum Gasteiger partial charge on any atom is 0.306 e. The van der Waals surface area contributed by atoms with Crippen LogP contribution in [0.4, 0.5) is 0 Å². The standard InChI is InChI=1S/C13H22N2O3/c1-9-3-2-4-15(7-9)8-12(16)14-11-5-10(6-11)13(17)18/h9-11H,2-8H2,1H3,(H,14,16)(H,17,18). The van der Waals surface area contributed by atoms with Crippen LogP contribution < -0.4 is 5.32 Å². The lowest BCUT2D eigenvalue weighted by atomic mass is 9.80. The maximum atomic E-state index is 11.8. The summed E-state index contributed by atoms with van der Waals surface area (Å²) in [6.07, 6.45) is 3.58. The molecule has 2 rings (SSSR count). The van der Waals surface area contributed by atoms with Crippen molar-refractivity contribution in [2.75, 3.05) is 19.6 Å². The van der Waals surface area contributed by atoms with Gasteiger partial charge in [-0.05, 0) is 38.1 Å². The third kappa shape index (κ3) is 3.45. The second-order valence-electron chi connectivity index (χ2n) is 5.75. The highest BCUT2D eigenvalue weighted by Crippen LogP contribution is 2.27. The Hall–Kier alpha value is -1.10. The molecule has 1 aliphatic carbocycles. The number of likely N-dealkylation sites (tertiary alicyclic amines) is 1. The van der Waals surface area contributed by atoms with E-state index in [-0.39, 0.29) is 17.9 Å². The second-order valence-corrected chi connectivity index (χ2v) is 5.75. The van der Waals surface area contributed by atoms with Gasteiger partial charge in [-0.3, -0.25) is 14.5 Å². The van der Waals surface area contributed by atoms with Crippen LogP contribution >= 0.6 is 0 Å².